The fourth-order valence-electron chi connectivity index (χ4n) is 3.51. The predicted molar refractivity (Wildman–Crippen MR) is 117 cm³/mol. The largest absolute Gasteiger partial charge is 0.497 e. The van der Waals surface area contributed by atoms with Gasteiger partial charge in [-0.3, -0.25) is 9.48 Å². The first-order valence-electron chi connectivity index (χ1n) is 9.57. The molecule has 1 amide bonds. The van der Waals surface area contributed by atoms with Crippen LogP contribution in [-0.2, 0) is 6.54 Å². The number of hydrogen-bond donors (Lipinski definition) is 0. The summed E-state index contributed by atoms with van der Waals surface area (Å²) in [4.78, 5) is 17.1. The molecule has 1 aliphatic heterocycles. The number of halogens is 1. The van der Waals surface area contributed by atoms with Crippen molar-refractivity contribution < 1.29 is 9.53 Å². The molecular weight excluding hydrogens is 432 g/mol. The van der Waals surface area contributed by atoms with Crippen molar-refractivity contribution in [3.05, 3.63) is 76.5 Å². The van der Waals surface area contributed by atoms with Crippen LogP contribution in [0.3, 0.4) is 0 Å². The molecule has 2 aromatic carbocycles. The molecule has 1 aliphatic rings. The summed E-state index contributed by atoms with van der Waals surface area (Å²) >= 11 is 3.40. The fraction of sp³-hybridized carbons (Fsp3) is 0.273. The molecule has 7 heteroatoms. The standard InChI is InChI=1S/C22H23BrN4O2/c1-29-21-8-6-20(7-9-21)25-10-12-26(13-11-25)22(28)18-4-2-17(3-5-18)15-27-16-19(23)14-24-27/h2-9,14,16H,10-13,15H2,1H3. The highest BCUT2D eigenvalue weighted by Gasteiger charge is 2.22. The van der Waals surface area contributed by atoms with Crippen LogP contribution in [0, 0.1) is 0 Å². The highest BCUT2D eigenvalue weighted by molar-refractivity contribution is 9.10. The van der Waals surface area contributed by atoms with E-state index in [-0.39, 0.29) is 5.91 Å². The van der Waals surface area contributed by atoms with Crippen molar-refractivity contribution in [2.24, 2.45) is 0 Å². The number of methoxy groups -OCH3 is 1. The molecule has 3 aromatic rings. The van der Waals surface area contributed by atoms with Crippen molar-refractivity contribution in [2.45, 2.75) is 6.54 Å². The Kier molecular flexibility index (Phi) is 5.85. The molecular formula is C22H23BrN4O2. The maximum Gasteiger partial charge on any atom is 0.253 e. The third-order valence-corrected chi connectivity index (χ3v) is 5.56. The summed E-state index contributed by atoms with van der Waals surface area (Å²) in [6.45, 7) is 3.76. The zero-order chi connectivity index (χ0) is 20.2. The summed E-state index contributed by atoms with van der Waals surface area (Å²) in [5.74, 6) is 0.943. The van der Waals surface area contributed by atoms with E-state index in [1.165, 1.54) is 0 Å². The van der Waals surface area contributed by atoms with Crippen LogP contribution < -0.4 is 9.64 Å². The van der Waals surface area contributed by atoms with E-state index in [0.29, 0.717) is 19.6 Å². The minimum absolute atomic E-state index is 0.0905. The van der Waals surface area contributed by atoms with E-state index < -0.39 is 0 Å². The number of anilines is 1. The maximum atomic E-state index is 12.9. The van der Waals surface area contributed by atoms with Crippen molar-refractivity contribution >= 4 is 27.5 Å². The Hall–Kier alpha value is -2.80. The Morgan fingerprint density at radius 3 is 2.31 bits per heavy atom. The van der Waals surface area contributed by atoms with E-state index in [2.05, 4.69) is 38.1 Å². The SMILES string of the molecule is COc1ccc(N2CCN(C(=O)c3ccc(Cn4cc(Br)cn4)cc3)CC2)cc1. The summed E-state index contributed by atoms with van der Waals surface area (Å²) in [6, 6.07) is 15.9. The lowest BCUT2D eigenvalue weighted by molar-refractivity contribution is 0.0747. The predicted octanol–water partition coefficient (Wildman–Crippen LogP) is 3.66. The molecule has 1 aromatic heterocycles. The van der Waals surface area contributed by atoms with Gasteiger partial charge in [-0.1, -0.05) is 12.1 Å². The van der Waals surface area contributed by atoms with Gasteiger partial charge < -0.3 is 14.5 Å². The van der Waals surface area contributed by atoms with Gasteiger partial charge in [-0.2, -0.15) is 5.10 Å². The molecule has 0 aliphatic carbocycles. The number of amides is 1. The number of benzene rings is 2. The highest BCUT2D eigenvalue weighted by atomic mass is 79.9. The van der Waals surface area contributed by atoms with Crippen molar-refractivity contribution in [2.75, 3.05) is 38.2 Å². The van der Waals surface area contributed by atoms with Crippen molar-refractivity contribution in [1.82, 2.24) is 14.7 Å². The Bertz CT molecular complexity index is 961. The molecule has 0 spiro atoms. The quantitative estimate of drug-likeness (QED) is 0.590. The molecule has 29 heavy (non-hydrogen) atoms. The second kappa shape index (κ2) is 8.69. The molecule has 1 saturated heterocycles. The number of rotatable bonds is 5. The van der Waals surface area contributed by atoms with Crippen LogP contribution >= 0.6 is 15.9 Å². The lowest BCUT2D eigenvalue weighted by atomic mass is 10.1. The molecule has 0 N–H and O–H groups in total. The van der Waals surface area contributed by atoms with E-state index in [9.17, 15) is 4.79 Å². The molecule has 0 unspecified atom stereocenters. The van der Waals surface area contributed by atoms with Crippen LogP contribution in [0.25, 0.3) is 0 Å². The molecule has 0 radical (unpaired) electrons. The fourth-order valence-corrected chi connectivity index (χ4v) is 3.84. The smallest absolute Gasteiger partial charge is 0.253 e. The Morgan fingerprint density at radius 1 is 1.03 bits per heavy atom. The third-order valence-electron chi connectivity index (χ3n) is 5.15. The van der Waals surface area contributed by atoms with E-state index in [1.807, 2.05) is 52.2 Å². The number of ether oxygens (including phenoxy) is 1. The van der Waals surface area contributed by atoms with E-state index >= 15 is 0 Å². The van der Waals surface area contributed by atoms with Crippen LogP contribution in [-0.4, -0.2) is 53.9 Å². The Balaban J connectivity index is 1.34. The topological polar surface area (TPSA) is 50.6 Å². The molecule has 0 atom stereocenters. The molecule has 1 fully saturated rings. The zero-order valence-corrected chi connectivity index (χ0v) is 17.9. The number of aromatic nitrogens is 2. The lowest BCUT2D eigenvalue weighted by Crippen LogP contribution is -2.48. The molecule has 4 rings (SSSR count). The van der Waals surface area contributed by atoms with Gasteiger partial charge in [0.15, 0.2) is 0 Å². The second-order valence-corrected chi connectivity index (χ2v) is 7.95. The minimum atomic E-state index is 0.0905. The third kappa shape index (κ3) is 4.62. The summed E-state index contributed by atoms with van der Waals surface area (Å²) in [7, 11) is 1.67. The second-order valence-electron chi connectivity index (χ2n) is 7.03. The number of hydrogen-bond acceptors (Lipinski definition) is 4. The van der Waals surface area contributed by atoms with Gasteiger partial charge in [0.2, 0.25) is 0 Å². The average molecular weight is 455 g/mol. The normalized spacial score (nSPS) is 14.1. The minimum Gasteiger partial charge on any atom is -0.497 e. The first-order valence-corrected chi connectivity index (χ1v) is 10.4. The van der Waals surface area contributed by atoms with Gasteiger partial charge in [-0.25, -0.2) is 0 Å². The Labute approximate surface area is 178 Å². The number of piperazine rings is 1. The molecule has 6 nitrogen and oxygen atoms in total. The van der Waals surface area contributed by atoms with Crippen LogP contribution in [0.4, 0.5) is 5.69 Å². The van der Waals surface area contributed by atoms with Crippen LogP contribution in [0.2, 0.25) is 0 Å². The van der Waals surface area contributed by atoms with Gasteiger partial charge in [0, 0.05) is 43.6 Å². The first kappa shape index (κ1) is 19.5. The Morgan fingerprint density at radius 2 is 1.72 bits per heavy atom. The number of carbonyl (C=O) groups excluding carboxylic acids is 1. The van der Waals surface area contributed by atoms with Gasteiger partial charge in [-0.05, 0) is 57.9 Å². The van der Waals surface area contributed by atoms with Crippen LogP contribution in [0.1, 0.15) is 15.9 Å². The first-order chi connectivity index (χ1) is 14.1. The summed E-state index contributed by atoms with van der Waals surface area (Å²) in [5, 5.41) is 4.27. The van der Waals surface area contributed by atoms with Gasteiger partial charge >= 0.3 is 0 Å². The molecule has 2 heterocycles. The maximum absolute atomic E-state index is 12.9. The van der Waals surface area contributed by atoms with Gasteiger partial charge in [-0.15, -0.1) is 0 Å². The van der Waals surface area contributed by atoms with Crippen molar-refractivity contribution in [1.29, 1.82) is 0 Å². The number of carbonyl (C=O) groups is 1. The van der Waals surface area contributed by atoms with Gasteiger partial charge in [0.05, 0.1) is 24.3 Å². The van der Waals surface area contributed by atoms with Crippen LogP contribution in [0.15, 0.2) is 65.4 Å². The molecule has 0 bridgehead atoms. The summed E-state index contributed by atoms with van der Waals surface area (Å²) in [6.07, 6.45) is 3.70. The van der Waals surface area contributed by atoms with Gasteiger partial charge in [0.25, 0.3) is 5.91 Å². The van der Waals surface area contributed by atoms with E-state index in [1.54, 1.807) is 13.3 Å². The zero-order valence-electron chi connectivity index (χ0n) is 16.3. The molecule has 0 saturated carbocycles. The van der Waals surface area contributed by atoms with E-state index in [4.69, 9.17) is 4.74 Å². The van der Waals surface area contributed by atoms with Crippen molar-refractivity contribution in [3.8, 4) is 5.75 Å². The average Bonchev–Trinajstić information content (AvgIpc) is 3.18. The number of nitrogens with zero attached hydrogens (tertiary/aromatic N) is 4. The van der Waals surface area contributed by atoms with Crippen LogP contribution in [0.5, 0.6) is 5.75 Å². The lowest BCUT2D eigenvalue weighted by Gasteiger charge is -2.36. The van der Waals surface area contributed by atoms with Gasteiger partial charge in [0.1, 0.15) is 5.75 Å². The highest BCUT2D eigenvalue weighted by Crippen LogP contribution is 2.21. The summed E-state index contributed by atoms with van der Waals surface area (Å²) in [5.41, 5.74) is 3.00. The molecule has 150 valence electrons. The monoisotopic (exact) mass is 454 g/mol. The van der Waals surface area contributed by atoms with E-state index in [0.717, 1.165) is 40.1 Å². The summed E-state index contributed by atoms with van der Waals surface area (Å²) < 4.78 is 8.04. The van der Waals surface area contributed by atoms with Crippen molar-refractivity contribution in [3.63, 3.8) is 0 Å².